The summed E-state index contributed by atoms with van der Waals surface area (Å²) in [4.78, 5) is 41.0. The first kappa shape index (κ1) is 30.5. The number of carbonyl (C=O) groups excluding carboxylic acids is 2. The molecule has 2 amide bonds. The van der Waals surface area contributed by atoms with Crippen LogP contribution in [0.3, 0.4) is 0 Å². The predicted octanol–water partition coefficient (Wildman–Crippen LogP) is 4.50. The zero-order chi connectivity index (χ0) is 30.1. The fraction of sp³-hybridized carbons (Fsp3) is 0.576. The van der Waals surface area contributed by atoms with E-state index in [0.717, 1.165) is 29.6 Å². The van der Waals surface area contributed by atoms with E-state index in [1.165, 1.54) is 5.57 Å². The van der Waals surface area contributed by atoms with Crippen molar-refractivity contribution in [2.24, 2.45) is 11.8 Å². The minimum Gasteiger partial charge on any atom is -0.480 e. The molecule has 1 aromatic rings. The lowest BCUT2D eigenvalue weighted by molar-refractivity contribution is -0.143. The second-order valence-electron chi connectivity index (χ2n) is 12.0. The lowest BCUT2D eigenvalue weighted by atomic mass is 9.67. The maximum Gasteiger partial charge on any atom is 0.318 e. The molecule has 4 rings (SSSR count). The van der Waals surface area contributed by atoms with Gasteiger partial charge in [-0.05, 0) is 98.6 Å². The molecule has 6 atom stereocenters. The van der Waals surface area contributed by atoms with Crippen molar-refractivity contribution in [3.63, 3.8) is 0 Å². The molecule has 2 aliphatic carbocycles. The fourth-order valence-corrected chi connectivity index (χ4v) is 7.27. The van der Waals surface area contributed by atoms with E-state index in [4.69, 9.17) is 0 Å². The number of likely N-dealkylation sites (tertiary alicyclic amines) is 1. The van der Waals surface area contributed by atoms with Crippen LogP contribution in [0.15, 0.2) is 41.0 Å². The summed E-state index contributed by atoms with van der Waals surface area (Å²) in [7, 11) is 1.59. The van der Waals surface area contributed by atoms with Crippen molar-refractivity contribution < 1.29 is 19.5 Å². The number of aliphatic carboxylic acids is 1. The number of amides is 2. The first-order valence-corrected chi connectivity index (χ1v) is 15.0. The molecule has 0 aromatic heterocycles. The number of carboxylic acid groups (broad SMARTS) is 1. The van der Waals surface area contributed by atoms with Gasteiger partial charge in [0, 0.05) is 24.7 Å². The molecule has 1 aliphatic heterocycles. The highest BCUT2D eigenvalue weighted by Crippen LogP contribution is 2.53. The number of aryl methyl sites for hydroxylation is 1. The fourth-order valence-electron chi connectivity index (χ4n) is 7.27. The highest BCUT2D eigenvalue weighted by Gasteiger charge is 2.60. The maximum absolute atomic E-state index is 13.5. The van der Waals surface area contributed by atoms with E-state index in [-0.39, 0.29) is 42.9 Å². The molecule has 6 unspecified atom stereocenters. The smallest absolute Gasteiger partial charge is 0.318 e. The second kappa shape index (κ2) is 12.2. The number of rotatable bonds is 10. The number of hydrogen-bond donors (Lipinski definition) is 3. The molecule has 1 saturated heterocycles. The Morgan fingerprint density at radius 1 is 1.27 bits per heavy atom. The molecule has 8 heteroatoms. The van der Waals surface area contributed by atoms with Crippen LogP contribution >= 0.6 is 0 Å². The Kier molecular flexibility index (Phi) is 9.08. The maximum atomic E-state index is 13.5. The molecule has 0 bridgehead atoms. The monoisotopic (exact) mass is 560 g/mol. The lowest BCUT2D eigenvalue weighted by Crippen LogP contribution is -2.48. The Morgan fingerprint density at radius 2 is 2.00 bits per heavy atom. The molecule has 2 fully saturated rings. The van der Waals surface area contributed by atoms with Crippen molar-refractivity contribution in [2.45, 2.75) is 96.7 Å². The highest BCUT2D eigenvalue weighted by molar-refractivity contribution is 5.95. The van der Waals surface area contributed by atoms with Gasteiger partial charge >= 0.3 is 5.97 Å². The first-order valence-electron chi connectivity index (χ1n) is 15.0. The van der Waals surface area contributed by atoms with Crippen LogP contribution in [0.25, 0.3) is 0 Å². The third-order valence-electron chi connectivity index (χ3n) is 9.63. The molecule has 0 radical (unpaired) electrons. The molecule has 1 aromatic carbocycles. The Hall–Kier alpha value is -3.44. The second-order valence-corrected chi connectivity index (χ2v) is 12.0. The van der Waals surface area contributed by atoms with Gasteiger partial charge in [-0.15, -0.1) is 0 Å². The van der Waals surface area contributed by atoms with Gasteiger partial charge < -0.3 is 20.6 Å². The first-order chi connectivity index (χ1) is 19.5. The molecule has 0 spiro atoms. The summed E-state index contributed by atoms with van der Waals surface area (Å²) in [6, 6.07) is 7.10. The van der Waals surface area contributed by atoms with Crippen LogP contribution in [0.2, 0.25) is 0 Å². The van der Waals surface area contributed by atoms with Crippen LogP contribution in [-0.4, -0.2) is 59.5 Å². The van der Waals surface area contributed by atoms with E-state index in [0.29, 0.717) is 42.2 Å². The van der Waals surface area contributed by atoms with Crippen molar-refractivity contribution in [1.29, 1.82) is 5.26 Å². The van der Waals surface area contributed by atoms with Gasteiger partial charge in [0.25, 0.3) is 5.91 Å². The molecule has 3 N–H and O–H groups in total. The van der Waals surface area contributed by atoms with E-state index >= 15 is 0 Å². The molecule has 3 aliphatic rings. The Labute approximate surface area is 243 Å². The number of nitrogens with one attached hydrogen (secondary N) is 2. The average molecular weight is 561 g/mol. The molecule has 8 nitrogen and oxygen atoms in total. The molecular weight excluding hydrogens is 516 g/mol. The third kappa shape index (κ3) is 5.57. The van der Waals surface area contributed by atoms with Crippen LogP contribution in [0.5, 0.6) is 0 Å². The summed E-state index contributed by atoms with van der Waals surface area (Å²) < 4.78 is 0. The van der Waals surface area contributed by atoms with Crippen molar-refractivity contribution in [3.8, 4) is 6.07 Å². The standard InChI is InChI=1S/C33H44N4O4/c1-7-19(3)13-22-9-10-23-14-24(31(39)35-6)11-12-28(23)33(32(40)41,27(22)8-2)16-20(4)36-18-29(38)37-25(17-34)15-26-21(5)30(26)37/h11-14,20-21,25-26,30,36H,7-10,15-16,18H2,1-6H3,(H,35,39)(H,40,41)/b19-13+. The van der Waals surface area contributed by atoms with E-state index in [2.05, 4.69) is 43.6 Å². The number of fused-ring (bicyclic) bond motifs is 2. The molecular formula is C33H44N4O4. The number of hydrogen-bond acceptors (Lipinski definition) is 5. The number of piperidine rings is 1. The topological polar surface area (TPSA) is 123 Å². The normalized spacial score (nSPS) is 27.8. The van der Waals surface area contributed by atoms with Crippen LogP contribution in [-0.2, 0) is 21.4 Å². The average Bonchev–Trinajstić information content (AvgIpc) is 3.44. The summed E-state index contributed by atoms with van der Waals surface area (Å²) in [5.41, 5.74) is 3.86. The predicted molar refractivity (Wildman–Crippen MR) is 158 cm³/mol. The SMILES string of the molecule is CCC1=C(/C=C(\C)CC)CCc2cc(C(=O)NC)ccc2C1(CC(C)NCC(=O)N1C(C#N)CC2C(C)C21)C(=O)O. The van der Waals surface area contributed by atoms with Gasteiger partial charge in [0.15, 0.2) is 0 Å². The zero-order valence-electron chi connectivity index (χ0n) is 25.2. The zero-order valence-corrected chi connectivity index (χ0v) is 25.2. The van der Waals surface area contributed by atoms with Crippen LogP contribution < -0.4 is 10.6 Å². The number of nitriles is 1. The Morgan fingerprint density at radius 3 is 2.61 bits per heavy atom. The van der Waals surface area contributed by atoms with Crippen molar-refractivity contribution in [3.05, 3.63) is 57.7 Å². The van der Waals surface area contributed by atoms with Crippen LogP contribution in [0, 0.1) is 23.2 Å². The number of benzene rings is 1. The number of nitrogens with zero attached hydrogens (tertiary/aromatic N) is 2. The number of carbonyl (C=O) groups is 3. The van der Waals surface area contributed by atoms with E-state index < -0.39 is 11.4 Å². The minimum absolute atomic E-state index is 0.0559. The van der Waals surface area contributed by atoms with Gasteiger partial charge in [0.2, 0.25) is 5.91 Å². The van der Waals surface area contributed by atoms with E-state index in [1.54, 1.807) is 18.0 Å². The van der Waals surface area contributed by atoms with Crippen molar-refractivity contribution in [2.75, 3.05) is 13.6 Å². The Balaban J connectivity index is 1.70. The quantitative estimate of drug-likeness (QED) is 0.387. The summed E-state index contributed by atoms with van der Waals surface area (Å²) >= 11 is 0. The van der Waals surface area contributed by atoms with Gasteiger partial charge in [-0.1, -0.05) is 38.5 Å². The van der Waals surface area contributed by atoms with Gasteiger partial charge in [0.1, 0.15) is 11.5 Å². The molecule has 220 valence electrons. The number of carboxylic acids is 1. The number of allylic oxidation sites excluding steroid dienone is 3. The van der Waals surface area contributed by atoms with Crippen LogP contribution in [0.1, 0.15) is 88.2 Å². The highest BCUT2D eigenvalue weighted by atomic mass is 16.4. The molecule has 41 heavy (non-hydrogen) atoms. The lowest BCUT2D eigenvalue weighted by Gasteiger charge is -2.37. The molecule has 1 heterocycles. The van der Waals surface area contributed by atoms with Gasteiger partial charge in [0.05, 0.1) is 12.6 Å². The van der Waals surface area contributed by atoms with Gasteiger partial charge in [-0.2, -0.15) is 5.26 Å². The molecule has 1 saturated carbocycles. The third-order valence-corrected chi connectivity index (χ3v) is 9.63. The van der Waals surface area contributed by atoms with E-state index in [9.17, 15) is 24.8 Å². The minimum atomic E-state index is -1.32. The Bertz CT molecular complexity index is 1320. The van der Waals surface area contributed by atoms with Crippen molar-refractivity contribution >= 4 is 17.8 Å². The summed E-state index contributed by atoms with van der Waals surface area (Å²) in [5, 5.41) is 26.6. The van der Waals surface area contributed by atoms with Gasteiger partial charge in [-0.3, -0.25) is 14.4 Å². The van der Waals surface area contributed by atoms with Crippen molar-refractivity contribution in [1.82, 2.24) is 15.5 Å². The summed E-state index contributed by atoms with van der Waals surface area (Å²) in [5.74, 6) is -0.400. The van der Waals surface area contributed by atoms with Gasteiger partial charge in [-0.25, -0.2) is 0 Å². The van der Waals surface area contributed by atoms with E-state index in [1.807, 2.05) is 26.0 Å². The van der Waals surface area contributed by atoms with Crippen LogP contribution in [0.4, 0.5) is 0 Å². The summed E-state index contributed by atoms with van der Waals surface area (Å²) in [6.45, 7) is 10.3. The summed E-state index contributed by atoms with van der Waals surface area (Å²) in [6.07, 6.45) is 5.88. The largest absolute Gasteiger partial charge is 0.480 e.